The maximum atomic E-state index is 11.7. The largest absolute Gasteiger partial charge is 0.396 e. The molecule has 16 heavy (non-hydrogen) atoms. The van der Waals surface area contributed by atoms with E-state index in [9.17, 15) is 9.90 Å². The van der Waals surface area contributed by atoms with E-state index in [0.717, 1.165) is 25.7 Å². The molecule has 0 saturated heterocycles. The minimum absolute atomic E-state index is 0.0157. The molecule has 0 aliphatic heterocycles. The van der Waals surface area contributed by atoms with Crippen molar-refractivity contribution in [2.75, 3.05) is 13.2 Å². The molecule has 1 aliphatic carbocycles. The van der Waals surface area contributed by atoms with Crippen LogP contribution in [-0.4, -0.2) is 29.4 Å². The molecule has 0 aromatic heterocycles. The summed E-state index contributed by atoms with van der Waals surface area (Å²) in [4.78, 5) is 11.7. The molecule has 2 N–H and O–H groups in total. The molecule has 0 radical (unpaired) electrons. The van der Waals surface area contributed by atoms with E-state index < -0.39 is 0 Å². The van der Waals surface area contributed by atoms with Crippen molar-refractivity contribution in [3.63, 3.8) is 0 Å². The van der Waals surface area contributed by atoms with E-state index in [1.165, 1.54) is 0 Å². The maximum Gasteiger partial charge on any atom is 0.233 e. The van der Waals surface area contributed by atoms with Gasteiger partial charge in [-0.25, -0.2) is 0 Å². The van der Waals surface area contributed by atoms with Crippen LogP contribution in [0.25, 0.3) is 0 Å². The second-order valence-corrected chi connectivity index (χ2v) is 5.83. The molecule has 0 aromatic rings. The van der Waals surface area contributed by atoms with Crippen molar-refractivity contribution in [2.24, 2.45) is 11.3 Å². The number of hydrogen-bond donors (Lipinski definition) is 3. The molecule has 1 aliphatic rings. The third-order valence-corrected chi connectivity index (χ3v) is 4.37. The van der Waals surface area contributed by atoms with Crippen molar-refractivity contribution in [2.45, 2.75) is 44.8 Å². The van der Waals surface area contributed by atoms with Gasteiger partial charge < -0.3 is 10.4 Å². The number of carbonyl (C=O) groups excluding carboxylic acids is 1. The summed E-state index contributed by atoms with van der Waals surface area (Å²) in [6, 6.07) is 0. The smallest absolute Gasteiger partial charge is 0.233 e. The van der Waals surface area contributed by atoms with Crippen molar-refractivity contribution in [3.05, 3.63) is 0 Å². The molecule has 0 spiro atoms. The minimum Gasteiger partial charge on any atom is -0.396 e. The fourth-order valence-corrected chi connectivity index (χ4v) is 2.29. The standard InChI is InChI=1S/C12H23NO2S/c1-9(2)10(16)11(15)13-7-12(8-14)5-3-4-6-12/h9-10,14,16H,3-8H2,1-2H3,(H,13,15). The second kappa shape index (κ2) is 5.92. The summed E-state index contributed by atoms with van der Waals surface area (Å²) in [6.45, 7) is 4.72. The van der Waals surface area contributed by atoms with Crippen molar-refractivity contribution in [1.82, 2.24) is 5.32 Å². The average Bonchev–Trinajstić information content (AvgIpc) is 2.74. The van der Waals surface area contributed by atoms with E-state index in [0.29, 0.717) is 6.54 Å². The molecule has 1 saturated carbocycles. The first-order chi connectivity index (χ1) is 7.51. The Morgan fingerprint density at radius 2 is 2.00 bits per heavy atom. The van der Waals surface area contributed by atoms with Crippen LogP contribution in [0.5, 0.6) is 0 Å². The summed E-state index contributed by atoms with van der Waals surface area (Å²) in [5, 5.41) is 12.1. The van der Waals surface area contributed by atoms with E-state index in [-0.39, 0.29) is 29.1 Å². The first-order valence-electron chi connectivity index (χ1n) is 6.07. The van der Waals surface area contributed by atoms with Crippen LogP contribution in [0.1, 0.15) is 39.5 Å². The van der Waals surface area contributed by atoms with Crippen molar-refractivity contribution >= 4 is 18.5 Å². The Morgan fingerprint density at radius 1 is 1.44 bits per heavy atom. The minimum atomic E-state index is -0.253. The van der Waals surface area contributed by atoms with Gasteiger partial charge >= 0.3 is 0 Å². The number of thiol groups is 1. The van der Waals surface area contributed by atoms with Gasteiger partial charge in [0.25, 0.3) is 0 Å². The zero-order chi connectivity index (χ0) is 12.2. The van der Waals surface area contributed by atoms with Gasteiger partial charge in [-0.05, 0) is 18.8 Å². The van der Waals surface area contributed by atoms with Crippen molar-refractivity contribution in [1.29, 1.82) is 0 Å². The first-order valence-corrected chi connectivity index (χ1v) is 6.59. The second-order valence-electron chi connectivity index (χ2n) is 5.27. The van der Waals surface area contributed by atoms with Gasteiger partial charge in [0.15, 0.2) is 0 Å². The highest BCUT2D eigenvalue weighted by Crippen LogP contribution is 2.36. The normalized spacial score (nSPS) is 21.1. The number of rotatable bonds is 5. The maximum absolute atomic E-state index is 11.7. The van der Waals surface area contributed by atoms with Gasteiger partial charge in [-0.1, -0.05) is 26.7 Å². The Bertz CT molecular complexity index is 237. The van der Waals surface area contributed by atoms with Crippen LogP contribution < -0.4 is 5.32 Å². The lowest BCUT2D eigenvalue weighted by atomic mass is 9.87. The average molecular weight is 245 g/mol. The molecule has 1 amide bonds. The Labute approximate surface area is 103 Å². The summed E-state index contributed by atoms with van der Waals surface area (Å²) in [6.07, 6.45) is 4.35. The predicted molar refractivity (Wildman–Crippen MR) is 68.6 cm³/mol. The third kappa shape index (κ3) is 3.39. The van der Waals surface area contributed by atoms with E-state index in [1.54, 1.807) is 0 Å². The predicted octanol–water partition coefficient (Wildman–Crippen LogP) is 1.61. The Kier molecular flexibility index (Phi) is 5.12. The summed E-state index contributed by atoms with van der Waals surface area (Å²) in [5.74, 6) is 0.218. The number of hydrogen-bond acceptors (Lipinski definition) is 3. The van der Waals surface area contributed by atoms with E-state index >= 15 is 0 Å². The van der Waals surface area contributed by atoms with Gasteiger partial charge in [0.2, 0.25) is 5.91 Å². The van der Waals surface area contributed by atoms with Crippen LogP contribution in [0.4, 0.5) is 0 Å². The lowest BCUT2D eigenvalue weighted by Crippen LogP contribution is -2.42. The highest BCUT2D eigenvalue weighted by Gasteiger charge is 2.34. The van der Waals surface area contributed by atoms with E-state index in [2.05, 4.69) is 17.9 Å². The number of amides is 1. The molecule has 1 unspecified atom stereocenters. The fraction of sp³-hybridized carbons (Fsp3) is 0.917. The summed E-state index contributed by atoms with van der Waals surface area (Å²) < 4.78 is 0. The highest BCUT2D eigenvalue weighted by molar-refractivity contribution is 7.81. The van der Waals surface area contributed by atoms with Gasteiger partial charge in [0.1, 0.15) is 0 Å². The van der Waals surface area contributed by atoms with Gasteiger partial charge in [-0.3, -0.25) is 4.79 Å². The molecule has 1 fully saturated rings. The zero-order valence-corrected chi connectivity index (χ0v) is 11.1. The number of aliphatic hydroxyl groups is 1. The van der Waals surface area contributed by atoms with Crippen LogP contribution in [-0.2, 0) is 4.79 Å². The number of carbonyl (C=O) groups is 1. The summed E-state index contributed by atoms with van der Waals surface area (Å²) in [5.41, 5.74) is -0.0693. The number of nitrogens with one attached hydrogen (secondary N) is 1. The van der Waals surface area contributed by atoms with Gasteiger partial charge in [0, 0.05) is 12.0 Å². The van der Waals surface area contributed by atoms with Crippen LogP contribution >= 0.6 is 12.6 Å². The number of aliphatic hydroxyl groups excluding tert-OH is 1. The molecule has 94 valence electrons. The first kappa shape index (κ1) is 13.8. The van der Waals surface area contributed by atoms with E-state index in [4.69, 9.17) is 0 Å². The Balaban J connectivity index is 2.41. The van der Waals surface area contributed by atoms with Crippen LogP contribution in [0, 0.1) is 11.3 Å². The van der Waals surface area contributed by atoms with Gasteiger partial charge in [-0.2, -0.15) is 12.6 Å². The van der Waals surface area contributed by atoms with E-state index in [1.807, 2.05) is 13.8 Å². The molecule has 3 nitrogen and oxygen atoms in total. The summed E-state index contributed by atoms with van der Waals surface area (Å²) in [7, 11) is 0. The molecule has 4 heteroatoms. The lowest BCUT2D eigenvalue weighted by Gasteiger charge is -2.27. The molecule has 0 aromatic carbocycles. The van der Waals surface area contributed by atoms with Crippen LogP contribution in [0.2, 0.25) is 0 Å². The molecule has 0 bridgehead atoms. The topological polar surface area (TPSA) is 49.3 Å². The molecule has 0 heterocycles. The van der Waals surface area contributed by atoms with Gasteiger partial charge in [0.05, 0.1) is 11.9 Å². The van der Waals surface area contributed by atoms with Crippen LogP contribution in [0.3, 0.4) is 0 Å². The monoisotopic (exact) mass is 245 g/mol. The third-order valence-electron chi connectivity index (χ3n) is 3.54. The quantitative estimate of drug-likeness (QED) is 0.645. The highest BCUT2D eigenvalue weighted by atomic mass is 32.1. The SMILES string of the molecule is CC(C)C(S)C(=O)NCC1(CO)CCCC1. The Hall–Kier alpha value is -0.220. The Morgan fingerprint density at radius 3 is 2.44 bits per heavy atom. The molecular formula is C12H23NO2S. The van der Waals surface area contributed by atoms with Crippen molar-refractivity contribution < 1.29 is 9.90 Å². The van der Waals surface area contributed by atoms with Crippen molar-refractivity contribution in [3.8, 4) is 0 Å². The molecule has 1 rings (SSSR count). The van der Waals surface area contributed by atoms with Gasteiger partial charge in [-0.15, -0.1) is 0 Å². The molecule has 1 atom stereocenters. The zero-order valence-electron chi connectivity index (χ0n) is 10.2. The lowest BCUT2D eigenvalue weighted by molar-refractivity contribution is -0.121. The molecular weight excluding hydrogens is 222 g/mol. The van der Waals surface area contributed by atoms with Crippen LogP contribution in [0.15, 0.2) is 0 Å². The fourth-order valence-electron chi connectivity index (χ4n) is 2.20. The summed E-state index contributed by atoms with van der Waals surface area (Å²) >= 11 is 4.28.